The maximum Gasteiger partial charge on any atom is 0.254 e. The van der Waals surface area contributed by atoms with Gasteiger partial charge in [-0.25, -0.2) is 9.97 Å². The average molecular weight is 560 g/mol. The van der Waals surface area contributed by atoms with E-state index in [1.807, 2.05) is 12.1 Å². The van der Waals surface area contributed by atoms with E-state index in [1.165, 1.54) is 76.3 Å². The van der Waals surface area contributed by atoms with Crippen molar-refractivity contribution in [2.45, 2.75) is 116 Å². The number of nitrogens with one attached hydrogen (secondary N) is 2. The van der Waals surface area contributed by atoms with E-state index in [1.54, 1.807) is 29.7 Å². The summed E-state index contributed by atoms with van der Waals surface area (Å²) in [5.74, 6) is 1.49. The summed E-state index contributed by atoms with van der Waals surface area (Å²) >= 11 is 0. The molecule has 0 saturated heterocycles. The molecule has 1 aromatic carbocycles. The Morgan fingerprint density at radius 1 is 0.780 bits per heavy atom. The van der Waals surface area contributed by atoms with E-state index in [9.17, 15) is 4.79 Å². The van der Waals surface area contributed by atoms with Gasteiger partial charge in [0.25, 0.3) is 5.91 Å². The predicted molar refractivity (Wildman–Crippen MR) is 163 cm³/mol. The SMILES string of the molecule is CCCN(C1CCCCC1)[C@H]1CC[C@H](N(CC)Cc2ccc(C(=O)N(Cc3ncc[nH]3)Cc3ncc[nH]3)cc2)CC1. The Morgan fingerprint density at radius 3 is 1.90 bits per heavy atom. The van der Waals surface area contributed by atoms with Gasteiger partial charge < -0.3 is 14.9 Å². The molecule has 1 amide bonds. The number of nitrogens with zero attached hydrogens (tertiary/aromatic N) is 5. The lowest BCUT2D eigenvalue weighted by atomic mass is 9.86. The van der Waals surface area contributed by atoms with Gasteiger partial charge in [-0.15, -0.1) is 0 Å². The molecule has 222 valence electrons. The summed E-state index contributed by atoms with van der Waals surface area (Å²) in [5.41, 5.74) is 1.96. The maximum absolute atomic E-state index is 13.5. The summed E-state index contributed by atoms with van der Waals surface area (Å²) in [5, 5.41) is 0. The summed E-state index contributed by atoms with van der Waals surface area (Å²) in [4.78, 5) is 35.7. The first-order valence-electron chi connectivity index (χ1n) is 16.0. The summed E-state index contributed by atoms with van der Waals surface area (Å²) in [6.07, 6.45) is 20.6. The molecule has 2 heterocycles. The van der Waals surface area contributed by atoms with E-state index in [2.05, 4.69) is 55.7 Å². The molecule has 8 nitrogen and oxygen atoms in total. The Balaban J connectivity index is 1.17. The molecule has 2 N–H and O–H groups in total. The average Bonchev–Trinajstić information content (AvgIpc) is 3.74. The Labute approximate surface area is 245 Å². The van der Waals surface area contributed by atoms with E-state index in [-0.39, 0.29) is 5.91 Å². The molecule has 0 aliphatic heterocycles. The summed E-state index contributed by atoms with van der Waals surface area (Å²) in [6, 6.07) is 10.5. The highest BCUT2D eigenvalue weighted by molar-refractivity contribution is 5.94. The second-order valence-corrected chi connectivity index (χ2v) is 12.0. The third-order valence-corrected chi connectivity index (χ3v) is 9.25. The van der Waals surface area contributed by atoms with Crippen LogP contribution in [-0.2, 0) is 19.6 Å². The number of hydrogen-bond donors (Lipinski definition) is 2. The predicted octanol–water partition coefficient (Wildman–Crippen LogP) is 6.15. The lowest BCUT2D eigenvalue weighted by Crippen LogP contribution is -2.48. The fraction of sp³-hybridized carbons (Fsp3) is 0.606. The monoisotopic (exact) mass is 559 g/mol. The van der Waals surface area contributed by atoms with E-state index in [0.29, 0.717) is 24.7 Å². The topological polar surface area (TPSA) is 84.2 Å². The van der Waals surface area contributed by atoms with Crippen molar-refractivity contribution in [1.29, 1.82) is 0 Å². The third kappa shape index (κ3) is 7.86. The van der Waals surface area contributed by atoms with Crippen LogP contribution in [0.2, 0.25) is 0 Å². The van der Waals surface area contributed by atoms with Gasteiger partial charge in [0.1, 0.15) is 11.6 Å². The van der Waals surface area contributed by atoms with E-state index < -0.39 is 0 Å². The minimum absolute atomic E-state index is 0.0235. The minimum Gasteiger partial charge on any atom is -0.347 e. The van der Waals surface area contributed by atoms with Crippen LogP contribution in [-0.4, -0.2) is 71.8 Å². The Hall–Kier alpha value is -2.97. The molecule has 3 aromatic rings. The number of carbonyl (C=O) groups is 1. The molecule has 2 fully saturated rings. The van der Waals surface area contributed by atoms with Gasteiger partial charge in [-0.1, -0.05) is 45.2 Å². The van der Waals surface area contributed by atoms with Crippen LogP contribution >= 0.6 is 0 Å². The van der Waals surface area contributed by atoms with Gasteiger partial charge in [-0.05, 0) is 75.7 Å². The number of H-pyrrole nitrogens is 2. The van der Waals surface area contributed by atoms with Crippen molar-refractivity contribution in [3.8, 4) is 0 Å². The number of carbonyl (C=O) groups excluding carboxylic acids is 1. The van der Waals surface area contributed by atoms with Gasteiger partial charge in [-0.2, -0.15) is 0 Å². The number of hydrogen-bond acceptors (Lipinski definition) is 5. The molecule has 0 spiro atoms. The van der Waals surface area contributed by atoms with Crippen LogP contribution in [0.1, 0.15) is 106 Å². The number of imidazole rings is 2. The van der Waals surface area contributed by atoms with E-state index in [4.69, 9.17) is 0 Å². The van der Waals surface area contributed by atoms with E-state index in [0.717, 1.165) is 36.8 Å². The van der Waals surface area contributed by atoms with Crippen LogP contribution in [0.15, 0.2) is 49.1 Å². The minimum atomic E-state index is -0.0235. The fourth-order valence-corrected chi connectivity index (χ4v) is 7.09. The Kier molecular flexibility index (Phi) is 10.6. The molecule has 5 rings (SSSR count). The molecule has 2 aliphatic carbocycles. The Bertz CT molecular complexity index is 1110. The van der Waals surface area contributed by atoms with Gasteiger partial charge in [0.15, 0.2) is 0 Å². The molecule has 0 bridgehead atoms. The van der Waals surface area contributed by atoms with Gasteiger partial charge in [0.05, 0.1) is 13.1 Å². The zero-order valence-corrected chi connectivity index (χ0v) is 25.1. The van der Waals surface area contributed by atoms with Crippen LogP contribution in [0.3, 0.4) is 0 Å². The molecule has 41 heavy (non-hydrogen) atoms. The molecule has 2 saturated carbocycles. The molecule has 2 aromatic heterocycles. The quantitative estimate of drug-likeness (QED) is 0.262. The second-order valence-electron chi connectivity index (χ2n) is 12.0. The summed E-state index contributed by atoms with van der Waals surface area (Å²) in [6.45, 7) is 8.68. The summed E-state index contributed by atoms with van der Waals surface area (Å²) in [7, 11) is 0. The second kappa shape index (κ2) is 14.8. The van der Waals surface area contributed by atoms with Crippen molar-refractivity contribution in [1.82, 2.24) is 34.6 Å². The van der Waals surface area contributed by atoms with Crippen LogP contribution < -0.4 is 0 Å². The summed E-state index contributed by atoms with van der Waals surface area (Å²) < 4.78 is 0. The van der Waals surface area contributed by atoms with Gasteiger partial charge in [0.2, 0.25) is 0 Å². The molecule has 0 atom stereocenters. The molecule has 8 heteroatoms. The van der Waals surface area contributed by atoms with Crippen molar-refractivity contribution < 1.29 is 4.79 Å². The molecular weight excluding hydrogens is 510 g/mol. The van der Waals surface area contributed by atoms with Gasteiger partial charge >= 0.3 is 0 Å². The van der Waals surface area contributed by atoms with Crippen LogP contribution in [0, 0.1) is 0 Å². The number of aromatic amines is 2. The fourth-order valence-electron chi connectivity index (χ4n) is 7.09. The first-order valence-corrected chi connectivity index (χ1v) is 16.0. The third-order valence-electron chi connectivity index (χ3n) is 9.25. The molecule has 0 unspecified atom stereocenters. The van der Waals surface area contributed by atoms with Crippen molar-refractivity contribution >= 4 is 5.91 Å². The molecular formula is C33H49N7O. The highest BCUT2D eigenvalue weighted by atomic mass is 16.2. The van der Waals surface area contributed by atoms with Crippen molar-refractivity contribution in [2.75, 3.05) is 13.1 Å². The highest BCUT2D eigenvalue weighted by Gasteiger charge is 2.32. The Morgan fingerprint density at radius 2 is 1.37 bits per heavy atom. The van der Waals surface area contributed by atoms with E-state index >= 15 is 0 Å². The van der Waals surface area contributed by atoms with Crippen LogP contribution in [0.25, 0.3) is 0 Å². The van der Waals surface area contributed by atoms with Crippen LogP contribution in [0.5, 0.6) is 0 Å². The molecule has 2 aliphatic rings. The number of rotatable bonds is 13. The van der Waals surface area contributed by atoms with Crippen molar-refractivity contribution in [3.63, 3.8) is 0 Å². The number of amides is 1. The van der Waals surface area contributed by atoms with Crippen molar-refractivity contribution in [3.05, 3.63) is 71.8 Å². The number of aromatic nitrogens is 4. The molecule has 0 radical (unpaired) electrons. The highest BCUT2D eigenvalue weighted by Crippen LogP contribution is 2.32. The first-order chi connectivity index (χ1) is 20.1. The standard InChI is InChI=1S/C33H49N7O/c1-3-22-40(29-8-6-5-7-9-29)30-16-14-28(15-17-30)38(4-2)23-26-10-12-27(13-11-26)33(41)39(24-31-34-18-19-35-31)25-32-36-20-21-37-32/h10-13,18-21,28-30H,3-9,14-17,22-25H2,1-2H3,(H,34,35)(H,36,37)/t28-,30-. The zero-order valence-electron chi connectivity index (χ0n) is 25.1. The lowest BCUT2D eigenvalue weighted by Gasteiger charge is -2.44. The normalized spacial score (nSPS) is 20.1. The van der Waals surface area contributed by atoms with Crippen molar-refractivity contribution in [2.24, 2.45) is 0 Å². The number of benzene rings is 1. The lowest BCUT2D eigenvalue weighted by molar-refractivity contribution is 0.0532. The smallest absolute Gasteiger partial charge is 0.254 e. The first kappa shape index (κ1) is 29.5. The van der Waals surface area contributed by atoms with Gasteiger partial charge in [0, 0.05) is 55.0 Å². The largest absolute Gasteiger partial charge is 0.347 e. The maximum atomic E-state index is 13.5. The van der Waals surface area contributed by atoms with Gasteiger partial charge in [-0.3, -0.25) is 14.6 Å². The zero-order chi connectivity index (χ0) is 28.4. The van der Waals surface area contributed by atoms with Crippen LogP contribution in [0.4, 0.5) is 0 Å².